The number of nitrogens with one attached hydrogen (secondary N) is 1. The first-order chi connectivity index (χ1) is 19.8. The van der Waals surface area contributed by atoms with Gasteiger partial charge in [-0.2, -0.15) is 0 Å². The lowest BCUT2D eigenvalue weighted by atomic mass is 10.1. The molecular formula is C31H37Cl2N3O5S. The first-order valence-corrected chi connectivity index (χ1v) is 15.8. The molecule has 1 atom stereocenters. The van der Waals surface area contributed by atoms with Crippen molar-refractivity contribution in [1.82, 2.24) is 10.2 Å². The van der Waals surface area contributed by atoms with Crippen LogP contribution >= 0.6 is 23.2 Å². The predicted octanol–water partition coefficient (Wildman–Crippen LogP) is 6.31. The van der Waals surface area contributed by atoms with E-state index in [1.165, 1.54) is 17.0 Å². The largest absolute Gasteiger partial charge is 0.492 e. The number of carbonyl (C=O) groups excluding carboxylic acids is 2. The molecule has 42 heavy (non-hydrogen) atoms. The average molecular weight is 635 g/mol. The van der Waals surface area contributed by atoms with Gasteiger partial charge in [-0.1, -0.05) is 66.5 Å². The second-order valence-corrected chi connectivity index (χ2v) is 13.3. The summed E-state index contributed by atoms with van der Waals surface area (Å²) in [7, 11) is -4.24. The van der Waals surface area contributed by atoms with Crippen LogP contribution in [0.25, 0.3) is 0 Å². The lowest BCUT2D eigenvalue weighted by Crippen LogP contribution is -2.55. The van der Waals surface area contributed by atoms with Gasteiger partial charge in [-0.25, -0.2) is 8.42 Å². The van der Waals surface area contributed by atoms with Crippen LogP contribution in [0.5, 0.6) is 5.75 Å². The summed E-state index contributed by atoms with van der Waals surface area (Å²) in [5, 5.41) is 3.58. The van der Waals surface area contributed by atoms with Crippen LogP contribution in [0.2, 0.25) is 10.0 Å². The number of hydrogen-bond acceptors (Lipinski definition) is 5. The maximum absolute atomic E-state index is 14.3. The van der Waals surface area contributed by atoms with Crippen LogP contribution < -0.4 is 14.4 Å². The number of benzene rings is 3. The lowest BCUT2D eigenvalue weighted by Gasteiger charge is -2.35. The molecule has 3 aromatic carbocycles. The molecular weight excluding hydrogens is 597 g/mol. The number of nitrogens with zero attached hydrogens (tertiary/aromatic N) is 2. The third kappa shape index (κ3) is 8.18. The van der Waals surface area contributed by atoms with Crippen LogP contribution in [-0.4, -0.2) is 49.9 Å². The third-order valence-electron chi connectivity index (χ3n) is 6.32. The molecule has 0 aliphatic heterocycles. The van der Waals surface area contributed by atoms with E-state index in [4.69, 9.17) is 27.9 Å². The maximum Gasteiger partial charge on any atom is 0.264 e. The van der Waals surface area contributed by atoms with Crippen LogP contribution in [0.15, 0.2) is 77.7 Å². The summed E-state index contributed by atoms with van der Waals surface area (Å²) >= 11 is 13.0. The summed E-state index contributed by atoms with van der Waals surface area (Å²) < 4.78 is 34.9. The quantitative estimate of drug-likeness (QED) is 0.252. The minimum absolute atomic E-state index is 0.00215. The molecule has 0 heterocycles. The summed E-state index contributed by atoms with van der Waals surface area (Å²) in [6.45, 7) is 8.65. The first-order valence-electron chi connectivity index (χ1n) is 13.6. The van der Waals surface area contributed by atoms with Crippen molar-refractivity contribution in [3.05, 3.63) is 88.4 Å². The summed E-state index contributed by atoms with van der Waals surface area (Å²) in [6, 6.07) is 18.5. The second-order valence-electron chi connectivity index (χ2n) is 10.6. The number of carbonyl (C=O) groups is 2. The monoisotopic (exact) mass is 633 g/mol. The van der Waals surface area contributed by atoms with Crippen LogP contribution in [0.1, 0.15) is 46.6 Å². The van der Waals surface area contributed by atoms with Gasteiger partial charge in [0.2, 0.25) is 11.8 Å². The molecule has 0 spiro atoms. The van der Waals surface area contributed by atoms with E-state index in [0.717, 1.165) is 4.31 Å². The summed E-state index contributed by atoms with van der Waals surface area (Å²) in [5.74, 6) is -0.702. The van der Waals surface area contributed by atoms with Crippen molar-refractivity contribution in [2.75, 3.05) is 17.5 Å². The molecule has 0 aromatic heterocycles. The molecule has 0 fully saturated rings. The Kier molecular flexibility index (Phi) is 11.3. The Morgan fingerprint density at radius 1 is 0.905 bits per heavy atom. The number of anilines is 1. The topological polar surface area (TPSA) is 96.0 Å². The highest BCUT2D eigenvalue weighted by Crippen LogP contribution is 2.33. The minimum atomic E-state index is -4.24. The Labute approximate surface area is 258 Å². The van der Waals surface area contributed by atoms with Gasteiger partial charge in [-0.05, 0) is 70.5 Å². The number of rotatable bonds is 12. The predicted molar refractivity (Wildman–Crippen MR) is 168 cm³/mol. The van der Waals surface area contributed by atoms with Crippen LogP contribution in [0.3, 0.4) is 0 Å². The van der Waals surface area contributed by atoms with E-state index in [-0.39, 0.29) is 36.1 Å². The van der Waals surface area contributed by atoms with Gasteiger partial charge in [0.15, 0.2) is 0 Å². The average Bonchev–Trinajstić information content (AvgIpc) is 2.93. The van der Waals surface area contributed by atoms with Gasteiger partial charge in [0, 0.05) is 27.7 Å². The van der Waals surface area contributed by atoms with E-state index < -0.39 is 34.1 Å². The molecule has 0 bridgehead atoms. The molecule has 0 aliphatic carbocycles. The second kappa shape index (κ2) is 14.3. The summed E-state index contributed by atoms with van der Waals surface area (Å²) in [6.07, 6.45) is 0.261. The van der Waals surface area contributed by atoms with Gasteiger partial charge in [0.25, 0.3) is 10.0 Å². The smallest absolute Gasteiger partial charge is 0.264 e. The fourth-order valence-electron chi connectivity index (χ4n) is 4.40. The Bertz CT molecular complexity index is 1470. The molecule has 0 radical (unpaired) electrons. The van der Waals surface area contributed by atoms with E-state index in [1.807, 2.05) is 20.8 Å². The van der Waals surface area contributed by atoms with Gasteiger partial charge in [0.1, 0.15) is 18.3 Å². The van der Waals surface area contributed by atoms with Gasteiger partial charge < -0.3 is 15.0 Å². The lowest BCUT2D eigenvalue weighted by molar-refractivity contribution is -0.141. The Morgan fingerprint density at radius 2 is 1.50 bits per heavy atom. The highest BCUT2D eigenvalue weighted by Gasteiger charge is 2.36. The Hall–Kier alpha value is -3.27. The van der Waals surface area contributed by atoms with E-state index >= 15 is 0 Å². The molecule has 11 heteroatoms. The number of ether oxygens (including phenoxy) is 1. The standard InChI is InChI=1S/C31H37Cl2N3O5S/c1-6-26(30(38)34-31(3,4)5)35(20-23-24(32)16-13-17-25(23)33)29(37)21-36(27-18-11-12-19-28(27)41-7-2)42(39,40)22-14-9-8-10-15-22/h8-19,26H,6-7,20-21H2,1-5H3,(H,34,38)/t26-/m0/s1. The maximum atomic E-state index is 14.3. The van der Waals surface area contributed by atoms with Crippen LogP contribution in [0.4, 0.5) is 5.69 Å². The van der Waals surface area contributed by atoms with Gasteiger partial charge in [0.05, 0.1) is 17.2 Å². The van der Waals surface area contributed by atoms with Gasteiger partial charge in [-0.15, -0.1) is 0 Å². The van der Waals surface area contributed by atoms with Crippen molar-refractivity contribution in [2.24, 2.45) is 0 Å². The molecule has 0 saturated carbocycles. The third-order valence-corrected chi connectivity index (χ3v) is 8.80. The van der Waals surface area contributed by atoms with E-state index in [1.54, 1.807) is 74.5 Å². The van der Waals surface area contributed by atoms with Crippen LogP contribution in [-0.2, 0) is 26.2 Å². The fraction of sp³-hybridized carbons (Fsp3) is 0.355. The SMILES string of the molecule is CCOc1ccccc1N(CC(=O)N(Cc1c(Cl)cccc1Cl)[C@@H](CC)C(=O)NC(C)(C)C)S(=O)(=O)c1ccccc1. The van der Waals surface area contributed by atoms with Crippen molar-refractivity contribution in [2.45, 2.75) is 64.1 Å². The van der Waals surface area contributed by atoms with Crippen molar-refractivity contribution < 1.29 is 22.7 Å². The highest BCUT2D eigenvalue weighted by atomic mass is 35.5. The number of sulfonamides is 1. The molecule has 0 unspecified atom stereocenters. The zero-order valence-corrected chi connectivity index (χ0v) is 26.8. The van der Waals surface area contributed by atoms with E-state index in [0.29, 0.717) is 21.4 Å². The van der Waals surface area contributed by atoms with Crippen molar-refractivity contribution in [1.29, 1.82) is 0 Å². The molecule has 226 valence electrons. The molecule has 2 amide bonds. The zero-order chi connectivity index (χ0) is 31.1. The molecule has 3 rings (SSSR count). The Morgan fingerprint density at radius 3 is 2.07 bits per heavy atom. The van der Waals surface area contributed by atoms with E-state index in [9.17, 15) is 18.0 Å². The van der Waals surface area contributed by atoms with Crippen molar-refractivity contribution in [3.8, 4) is 5.75 Å². The highest BCUT2D eigenvalue weighted by molar-refractivity contribution is 7.92. The van der Waals surface area contributed by atoms with E-state index in [2.05, 4.69) is 5.32 Å². The van der Waals surface area contributed by atoms with Gasteiger partial charge in [-0.3, -0.25) is 13.9 Å². The molecule has 3 aromatic rings. The van der Waals surface area contributed by atoms with Crippen LogP contribution in [0, 0.1) is 0 Å². The van der Waals surface area contributed by atoms with Crippen molar-refractivity contribution >= 4 is 50.7 Å². The first kappa shape index (κ1) is 33.2. The minimum Gasteiger partial charge on any atom is -0.492 e. The molecule has 1 N–H and O–H groups in total. The number of para-hydroxylation sites is 2. The Balaban J connectivity index is 2.15. The molecule has 8 nitrogen and oxygen atoms in total. The number of hydrogen-bond donors (Lipinski definition) is 1. The number of halogens is 2. The van der Waals surface area contributed by atoms with Gasteiger partial charge >= 0.3 is 0 Å². The summed E-state index contributed by atoms with van der Waals surface area (Å²) in [4.78, 5) is 29.1. The molecule has 0 aliphatic rings. The van der Waals surface area contributed by atoms with Crippen molar-refractivity contribution in [3.63, 3.8) is 0 Å². The normalized spacial score (nSPS) is 12.4. The zero-order valence-electron chi connectivity index (χ0n) is 24.4. The molecule has 0 saturated heterocycles. The number of amides is 2. The summed E-state index contributed by atoms with van der Waals surface area (Å²) in [5.41, 5.74) is 0.0724. The fourth-order valence-corrected chi connectivity index (χ4v) is 6.36.